The molecule has 1 aromatic heterocycles. The van der Waals surface area contributed by atoms with E-state index < -0.39 is 27.6 Å². The molecule has 6 nitrogen and oxygen atoms in total. The van der Waals surface area contributed by atoms with E-state index in [9.17, 15) is 22.0 Å². The number of thiazole rings is 1. The number of sulfonamides is 1. The van der Waals surface area contributed by atoms with Crippen LogP contribution in [0.3, 0.4) is 0 Å². The summed E-state index contributed by atoms with van der Waals surface area (Å²) in [6, 6.07) is 9.70. The first-order valence-corrected chi connectivity index (χ1v) is 10.7. The molecule has 1 amide bonds. The second kappa shape index (κ2) is 8.03. The van der Waals surface area contributed by atoms with Gasteiger partial charge in [0.15, 0.2) is 16.8 Å². The Balaban J connectivity index is 1.68. The summed E-state index contributed by atoms with van der Waals surface area (Å²) in [6.07, 6.45) is 2.91. The summed E-state index contributed by atoms with van der Waals surface area (Å²) < 4.78 is 51.2. The van der Waals surface area contributed by atoms with Gasteiger partial charge in [0.25, 0.3) is 5.91 Å². The molecular weight excluding hydrogens is 408 g/mol. The highest BCUT2D eigenvalue weighted by Gasteiger charge is 2.12. The zero-order valence-electron chi connectivity index (χ0n) is 14.6. The van der Waals surface area contributed by atoms with Gasteiger partial charge in [-0.3, -0.25) is 14.8 Å². The van der Waals surface area contributed by atoms with Gasteiger partial charge in [0.2, 0.25) is 10.0 Å². The molecule has 28 heavy (non-hydrogen) atoms. The number of hydrogen-bond donors (Lipinski definition) is 2. The minimum atomic E-state index is -3.45. The van der Waals surface area contributed by atoms with E-state index in [1.54, 1.807) is 18.3 Å². The number of anilines is 2. The number of carbonyl (C=O) groups excluding carboxylic acids is 1. The van der Waals surface area contributed by atoms with Crippen molar-refractivity contribution in [3.63, 3.8) is 0 Å². The second-order valence-corrected chi connectivity index (χ2v) is 8.83. The SMILES string of the molecule is CS(=O)(=O)Nc1cccc(C(=O)Nc2ncc(Cc3ccc(F)c(F)c3)s2)c1. The molecule has 0 saturated carbocycles. The summed E-state index contributed by atoms with van der Waals surface area (Å²) >= 11 is 1.20. The number of aromatic nitrogens is 1. The number of nitrogens with zero attached hydrogens (tertiary/aromatic N) is 1. The Labute approximate surface area is 164 Å². The Morgan fingerprint density at radius 1 is 1.14 bits per heavy atom. The van der Waals surface area contributed by atoms with E-state index in [4.69, 9.17) is 0 Å². The molecule has 3 aromatic rings. The van der Waals surface area contributed by atoms with Gasteiger partial charge in [0.05, 0.1) is 6.26 Å². The number of carbonyl (C=O) groups is 1. The highest BCUT2D eigenvalue weighted by atomic mass is 32.2. The van der Waals surface area contributed by atoms with E-state index in [0.717, 1.165) is 23.3 Å². The van der Waals surface area contributed by atoms with E-state index in [1.165, 1.54) is 29.5 Å². The van der Waals surface area contributed by atoms with Crippen LogP contribution in [0.15, 0.2) is 48.7 Å². The van der Waals surface area contributed by atoms with Crippen LogP contribution in [0, 0.1) is 11.6 Å². The number of amides is 1. The number of nitrogens with one attached hydrogen (secondary N) is 2. The van der Waals surface area contributed by atoms with Crippen LogP contribution in [0.4, 0.5) is 19.6 Å². The Kier molecular flexibility index (Phi) is 5.71. The van der Waals surface area contributed by atoms with Crippen LogP contribution in [-0.4, -0.2) is 25.6 Å². The maximum atomic E-state index is 13.3. The number of hydrogen-bond acceptors (Lipinski definition) is 5. The van der Waals surface area contributed by atoms with Crippen LogP contribution in [0.1, 0.15) is 20.8 Å². The fourth-order valence-electron chi connectivity index (χ4n) is 2.41. The number of rotatable bonds is 6. The van der Waals surface area contributed by atoms with Crippen molar-refractivity contribution in [3.05, 3.63) is 76.3 Å². The van der Waals surface area contributed by atoms with Gasteiger partial charge in [0, 0.05) is 28.7 Å². The molecule has 0 saturated heterocycles. The first kappa shape index (κ1) is 19.9. The molecule has 146 valence electrons. The lowest BCUT2D eigenvalue weighted by Crippen LogP contribution is -2.13. The average molecular weight is 423 g/mol. The van der Waals surface area contributed by atoms with Crippen LogP contribution in [-0.2, 0) is 16.4 Å². The fraction of sp³-hybridized carbons (Fsp3) is 0.111. The van der Waals surface area contributed by atoms with Crippen molar-refractivity contribution < 1.29 is 22.0 Å². The van der Waals surface area contributed by atoms with Crippen LogP contribution >= 0.6 is 11.3 Å². The minimum absolute atomic E-state index is 0.256. The molecule has 2 N–H and O–H groups in total. The van der Waals surface area contributed by atoms with Gasteiger partial charge < -0.3 is 0 Å². The molecule has 0 spiro atoms. The van der Waals surface area contributed by atoms with Gasteiger partial charge in [-0.2, -0.15) is 0 Å². The molecule has 3 rings (SSSR count). The van der Waals surface area contributed by atoms with Gasteiger partial charge >= 0.3 is 0 Å². The van der Waals surface area contributed by atoms with Crippen LogP contribution in [0.25, 0.3) is 0 Å². The van der Waals surface area contributed by atoms with E-state index >= 15 is 0 Å². The van der Waals surface area contributed by atoms with E-state index in [-0.39, 0.29) is 11.3 Å². The zero-order valence-corrected chi connectivity index (χ0v) is 16.2. The van der Waals surface area contributed by atoms with E-state index in [1.807, 2.05) is 0 Å². The lowest BCUT2D eigenvalue weighted by atomic mass is 10.1. The maximum absolute atomic E-state index is 13.3. The van der Waals surface area contributed by atoms with Crippen molar-refractivity contribution >= 4 is 38.1 Å². The molecule has 0 aliphatic heterocycles. The summed E-state index contributed by atoms with van der Waals surface area (Å²) in [7, 11) is -3.45. The molecule has 0 fully saturated rings. The second-order valence-electron chi connectivity index (χ2n) is 5.97. The van der Waals surface area contributed by atoms with Crippen LogP contribution in [0.5, 0.6) is 0 Å². The largest absolute Gasteiger partial charge is 0.298 e. The van der Waals surface area contributed by atoms with Crippen molar-refractivity contribution in [1.29, 1.82) is 0 Å². The van der Waals surface area contributed by atoms with E-state index in [0.29, 0.717) is 17.1 Å². The molecule has 0 radical (unpaired) electrons. The predicted octanol–water partition coefficient (Wildman–Crippen LogP) is 3.64. The Morgan fingerprint density at radius 2 is 1.93 bits per heavy atom. The third-order valence-electron chi connectivity index (χ3n) is 3.56. The molecule has 0 aliphatic carbocycles. The summed E-state index contributed by atoms with van der Waals surface area (Å²) in [5, 5.41) is 2.97. The summed E-state index contributed by atoms with van der Waals surface area (Å²) in [5.41, 5.74) is 1.11. The first-order valence-electron chi connectivity index (χ1n) is 7.97. The third kappa shape index (κ3) is 5.33. The highest BCUT2D eigenvalue weighted by molar-refractivity contribution is 7.92. The molecule has 0 unspecified atom stereocenters. The highest BCUT2D eigenvalue weighted by Crippen LogP contribution is 2.23. The smallest absolute Gasteiger partial charge is 0.257 e. The Hall–Kier alpha value is -2.85. The van der Waals surface area contributed by atoms with Gasteiger partial charge in [-0.05, 0) is 35.9 Å². The van der Waals surface area contributed by atoms with Gasteiger partial charge in [0.1, 0.15) is 0 Å². The summed E-state index contributed by atoms with van der Waals surface area (Å²) in [4.78, 5) is 17.2. The van der Waals surface area contributed by atoms with Crippen molar-refractivity contribution in [1.82, 2.24) is 4.98 Å². The zero-order chi connectivity index (χ0) is 20.3. The standard InChI is InChI=1S/C18H15F2N3O3S2/c1-28(25,26)23-13-4-2-3-12(9-13)17(24)22-18-21-10-14(27-18)7-11-5-6-15(19)16(20)8-11/h2-6,8-10,23H,7H2,1H3,(H,21,22,24). The molecule has 0 bridgehead atoms. The molecule has 2 aromatic carbocycles. The van der Waals surface area contributed by atoms with Crippen molar-refractivity contribution in [2.75, 3.05) is 16.3 Å². The van der Waals surface area contributed by atoms with Crippen molar-refractivity contribution in [2.45, 2.75) is 6.42 Å². The first-order chi connectivity index (χ1) is 13.2. The normalized spacial score (nSPS) is 11.2. The van der Waals surface area contributed by atoms with E-state index in [2.05, 4.69) is 15.0 Å². The lowest BCUT2D eigenvalue weighted by molar-refractivity contribution is 0.102. The number of benzene rings is 2. The Morgan fingerprint density at radius 3 is 2.64 bits per heavy atom. The average Bonchev–Trinajstić information content (AvgIpc) is 3.04. The van der Waals surface area contributed by atoms with Crippen molar-refractivity contribution in [2.24, 2.45) is 0 Å². The summed E-state index contributed by atoms with van der Waals surface area (Å²) in [6.45, 7) is 0. The summed E-state index contributed by atoms with van der Waals surface area (Å²) in [5.74, 6) is -2.28. The molecule has 0 aliphatic rings. The van der Waals surface area contributed by atoms with Gasteiger partial charge in [-0.1, -0.05) is 12.1 Å². The quantitative estimate of drug-likeness (QED) is 0.634. The predicted molar refractivity (Wildman–Crippen MR) is 104 cm³/mol. The third-order valence-corrected chi connectivity index (χ3v) is 5.08. The van der Waals surface area contributed by atoms with Gasteiger partial charge in [-0.25, -0.2) is 22.2 Å². The minimum Gasteiger partial charge on any atom is -0.298 e. The molecule has 0 atom stereocenters. The lowest BCUT2D eigenvalue weighted by Gasteiger charge is -2.06. The fourth-order valence-corrected chi connectivity index (χ4v) is 3.80. The monoisotopic (exact) mass is 423 g/mol. The molecule has 1 heterocycles. The van der Waals surface area contributed by atoms with Crippen molar-refractivity contribution in [3.8, 4) is 0 Å². The topological polar surface area (TPSA) is 88.2 Å². The Bertz CT molecular complexity index is 1130. The number of halogens is 2. The molecular formula is C18H15F2N3O3S2. The van der Waals surface area contributed by atoms with Gasteiger partial charge in [-0.15, -0.1) is 11.3 Å². The van der Waals surface area contributed by atoms with Crippen LogP contribution in [0.2, 0.25) is 0 Å². The molecule has 10 heteroatoms. The maximum Gasteiger partial charge on any atom is 0.257 e. The van der Waals surface area contributed by atoms with Crippen LogP contribution < -0.4 is 10.0 Å².